The van der Waals surface area contributed by atoms with Crippen LogP contribution < -0.4 is 24.8 Å². The molecule has 0 fully saturated rings. The Morgan fingerprint density at radius 3 is 2.06 bits per heavy atom. The smallest absolute Gasteiger partial charge is 0.109 e. The molecule has 0 heterocycles. The molecule has 240 valence electrons. The van der Waals surface area contributed by atoms with Crippen LogP contribution in [0.3, 0.4) is 0 Å². The third-order valence-corrected chi connectivity index (χ3v) is 9.89. The van der Waals surface area contributed by atoms with Gasteiger partial charge in [0.1, 0.15) is 0 Å². The van der Waals surface area contributed by atoms with Crippen LogP contribution in [0.25, 0.3) is 21.9 Å². The second-order valence-corrected chi connectivity index (χ2v) is 15.4. The van der Waals surface area contributed by atoms with Crippen molar-refractivity contribution in [2.45, 2.75) is 65.2 Å². The molecule has 0 spiro atoms. The average Bonchev–Trinajstić information content (AvgIpc) is 3.71. The molecule has 0 saturated carbocycles. The summed E-state index contributed by atoms with van der Waals surface area (Å²) in [6, 6.07) is 38.1. The molecule has 0 atom stereocenters. The van der Waals surface area contributed by atoms with E-state index >= 15 is 0 Å². The van der Waals surface area contributed by atoms with Gasteiger partial charge in [-0.15, -0.1) is 12.0 Å². The molecule has 0 unspecified atom stereocenters. The van der Waals surface area contributed by atoms with Gasteiger partial charge in [-0.3, -0.25) is 6.08 Å². The molecular formula is C43H41Cl3Zr-2. The number of hydrogen-bond donors (Lipinski definition) is 0. The molecule has 5 aromatic rings. The quantitative estimate of drug-likeness (QED) is 0.203. The minimum absolute atomic E-state index is 0. The van der Waals surface area contributed by atoms with E-state index in [1.54, 1.807) is 0 Å². The van der Waals surface area contributed by atoms with E-state index in [2.05, 4.69) is 139 Å². The van der Waals surface area contributed by atoms with Crippen molar-refractivity contribution in [2.75, 3.05) is 0 Å². The first kappa shape index (κ1) is 38.9. The van der Waals surface area contributed by atoms with Gasteiger partial charge >= 0.3 is 133 Å². The summed E-state index contributed by atoms with van der Waals surface area (Å²) in [4.78, 5) is 0. The van der Waals surface area contributed by atoms with Crippen LogP contribution in [0.1, 0.15) is 81.3 Å². The Morgan fingerprint density at radius 1 is 0.745 bits per heavy atom. The van der Waals surface area contributed by atoms with Gasteiger partial charge in [-0.2, -0.15) is 35.4 Å². The van der Waals surface area contributed by atoms with Crippen LogP contribution in [0.15, 0.2) is 115 Å². The van der Waals surface area contributed by atoms with Crippen molar-refractivity contribution >= 4 is 25.6 Å². The van der Waals surface area contributed by atoms with Gasteiger partial charge in [-0.05, 0) is 17.4 Å². The summed E-state index contributed by atoms with van der Waals surface area (Å²) in [5.41, 5.74) is 11.3. The van der Waals surface area contributed by atoms with E-state index in [1.807, 2.05) is 30.4 Å². The maximum atomic E-state index is 6.09. The van der Waals surface area contributed by atoms with Gasteiger partial charge in [0.2, 0.25) is 0 Å². The van der Waals surface area contributed by atoms with Crippen molar-refractivity contribution in [3.05, 3.63) is 166 Å². The Hall–Kier alpha value is -2.54. The van der Waals surface area contributed by atoms with Crippen molar-refractivity contribution < 1.29 is 49.0 Å². The second kappa shape index (κ2) is 16.7. The normalized spacial score (nSPS) is 12.4. The van der Waals surface area contributed by atoms with Crippen LogP contribution in [-0.2, 0) is 41.5 Å². The molecule has 2 aliphatic rings. The van der Waals surface area contributed by atoms with Gasteiger partial charge in [0.15, 0.2) is 0 Å². The van der Waals surface area contributed by atoms with Gasteiger partial charge in [0, 0.05) is 0 Å². The van der Waals surface area contributed by atoms with Crippen molar-refractivity contribution in [1.29, 1.82) is 0 Å². The fraction of sp³-hybridized carbons (Fsp3) is 0.233. The molecule has 0 saturated heterocycles. The predicted octanol–water partition coefficient (Wildman–Crippen LogP) is 5.58. The third kappa shape index (κ3) is 9.77. The summed E-state index contributed by atoms with van der Waals surface area (Å²) in [5, 5.41) is 3.37. The summed E-state index contributed by atoms with van der Waals surface area (Å²) < 4.78 is 1.34. The predicted molar refractivity (Wildman–Crippen MR) is 191 cm³/mol. The van der Waals surface area contributed by atoms with E-state index in [0.717, 1.165) is 17.9 Å². The van der Waals surface area contributed by atoms with E-state index in [9.17, 15) is 0 Å². The van der Waals surface area contributed by atoms with E-state index in [4.69, 9.17) is 11.6 Å². The second-order valence-electron chi connectivity index (χ2n) is 13.7. The summed E-state index contributed by atoms with van der Waals surface area (Å²) >= 11 is 7.49. The van der Waals surface area contributed by atoms with Crippen LogP contribution >= 0.6 is 11.6 Å². The average molecular weight is 755 g/mol. The van der Waals surface area contributed by atoms with Gasteiger partial charge in [-0.1, -0.05) is 76.3 Å². The van der Waals surface area contributed by atoms with Crippen molar-refractivity contribution in [2.24, 2.45) is 0 Å². The molecule has 5 aromatic carbocycles. The standard InChI is InChI=1S/C21H25.C17H11Cl.C5H5.2ClH.Zr/c1-20(2,3)16-9-7-14-11-15-8-10-17(21(4,5)6)13-19(15)18(14)12-16;18-16-9-3-5-13(12-16)11-15-8-4-7-14-6-1-2-10-17(14)15;1-2-4-5-3-1;;;/h7,9-10,12-13H,11H2,1-6H3;1-10,12H;1-3H,4H2;2*1H;/q-1;;-1;;;+2/p-2. The maximum Gasteiger partial charge on any atom is -0.109 e. The molecule has 2 aliphatic carbocycles. The Labute approximate surface area is 314 Å². The molecule has 0 bridgehead atoms. The van der Waals surface area contributed by atoms with Gasteiger partial charge in [0.25, 0.3) is 0 Å². The molecule has 4 heteroatoms. The molecule has 0 nitrogen and oxygen atoms in total. The summed E-state index contributed by atoms with van der Waals surface area (Å²) in [7, 11) is 0. The van der Waals surface area contributed by atoms with E-state index in [-0.39, 0.29) is 35.6 Å². The molecule has 47 heavy (non-hydrogen) atoms. The third-order valence-electron chi connectivity index (χ3n) is 8.28. The van der Waals surface area contributed by atoms with Crippen LogP contribution in [0.4, 0.5) is 0 Å². The Morgan fingerprint density at radius 2 is 1.43 bits per heavy atom. The first-order chi connectivity index (χ1) is 21.4. The van der Waals surface area contributed by atoms with Crippen LogP contribution in [0, 0.1) is 12.1 Å². The molecule has 0 amide bonds. The zero-order valence-corrected chi connectivity index (χ0v) is 32.7. The zero-order valence-electron chi connectivity index (χ0n) is 28.0. The van der Waals surface area contributed by atoms with Gasteiger partial charge in [0.05, 0.1) is 0 Å². The van der Waals surface area contributed by atoms with Gasteiger partial charge in [-0.25, -0.2) is 12.2 Å². The zero-order chi connectivity index (χ0) is 32.2. The largest absolute Gasteiger partial charge is 1.00 e. The number of fused-ring (bicyclic) bond motifs is 4. The molecule has 0 N–H and O–H groups in total. The summed E-state index contributed by atoms with van der Waals surface area (Å²) in [5.74, 6) is 0. The molecule has 7 rings (SSSR count). The molecule has 0 aliphatic heterocycles. The van der Waals surface area contributed by atoms with Crippen molar-refractivity contribution in [3.63, 3.8) is 0 Å². The van der Waals surface area contributed by atoms with E-state index in [1.165, 1.54) is 82.7 Å². The Balaban J connectivity index is 0.000000215. The van der Waals surface area contributed by atoms with Crippen molar-refractivity contribution in [3.8, 4) is 11.1 Å². The van der Waals surface area contributed by atoms with Crippen LogP contribution in [0.2, 0.25) is 5.02 Å². The maximum absolute atomic E-state index is 6.09. The molecule has 0 aromatic heterocycles. The Kier molecular flexibility index (Phi) is 13.8. The van der Waals surface area contributed by atoms with Crippen molar-refractivity contribution in [1.82, 2.24) is 0 Å². The number of allylic oxidation sites excluding steroid dienone is 4. The first-order valence-electron chi connectivity index (χ1n) is 15.6. The van der Waals surface area contributed by atoms with Crippen LogP contribution in [-0.4, -0.2) is 3.21 Å². The van der Waals surface area contributed by atoms with Crippen LogP contribution in [0.5, 0.6) is 0 Å². The summed E-state index contributed by atoms with van der Waals surface area (Å²) in [6.45, 7) is 13.6. The molecular weight excluding hydrogens is 714 g/mol. The SMILES string of the molecule is CC(C)(C)c1c[c-]c2c(c1)-c1cc(C(C)(C)C)ccc1C2.Clc1cccc([C](=[Zr+2])c2cccc3ccccc23)c1.[C-]1=CC=CC1.[Cl-].[Cl-]. The number of rotatable bonds is 2. The first-order valence-corrected chi connectivity index (χ1v) is 17.3. The fourth-order valence-corrected chi connectivity index (χ4v) is 6.68. The topological polar surface area (TPSA) is 0 Å². The van der Waals surface area contributed by atoms with E-state index < -0.39 is 0 Å². The minimum atomic E-state index is 0. The Bertz CT molecular complexity index is 1820. The molecule has 0 radical (unpaired) electrons. The number of hydrogen-bond acceptors (Lipinski definition) is 0. The minimum Gasteiger partial charge on any atom is -1.00 e. The number of halogens is 3. The monoisotopic (exact) mass is 752 g/mol. The summed E-state index contributed by atoms with van der Waals surface area (Å²) in [6.07, 6.45) is 11.0. The van der Waals surface area contributed by atoms with Gasteiger partial charge < -0.3 is 24.8 Å². The number of benzene rings is 5. The van der Waals surface area contributed by atoms with E-state index in [0.29, 0.717) is 0 Å². The fourth-order valence-electron chi connectivity index (χ4n) is 5.57.